The minimum Gasteiger partial charge on any atom is -0.368 e. The van der Waals surface area contributed by atoms with Gasteiger partial charge in [-0.25, -0.2) is 0 Å². The van der Waals surface area contributed by atoms with Gasteiger partial charge in [-0.05, 0) is 58.9 Å². The lowest BCUT2D eigenvalue weighted by Gasteiger charge is -2.34. The van der Waals surface area contributed by atoms with E-state index in [1.165, 1.54) is 0 Å². The molecule has 1 unspecified atom stereocenters. The number of nitrogens with zero attached hydrogens (tertiary/aromatic N) is 2. The number of carbonyl (C=O) groups excluding carboxylic acids is 1. The summed E-state index contributed by atoms with van der Waals surface area (Å²) < 4.78 is 0. The lowest BCUT2D eigenvalue weighted by atomic mass is 10.00. The Hall–Kier alpha value is -0.650. The molecular formula is C16H34N4O. The van der Waals surface area contributed by atoms with Crippen LogP contribution in [0.15, 0.2) is 0 Å². The van der Waals surface area contributed by atoms with Crippen LogP contribution >= 0.6 is 0 Å². The minimum absolute atomic E-state index is 0.239. The van der Waals surface area contributed by atoms with Crippen LogP contribution in [0.4, 0.5) is 0 Å². The second kappa shape index (κ2) is 8.71. The SMILES string of the molecule is CCN(CC)CCCN(CC)CC(C)(NC1CC1)C(N)=O. The molecule has 21 heavy (non-hydrogen) atoms. The summed E-state index contributed by atoms with van der Waals surface area (Å²) in [5.41, 5.74) is 5.03. The van der Waals surface area contributed by atoms with E-state index in [9.17, 15) is 4.79 Å². The van der Waals surface area contributed by atoms with E-state index >= 15 is 0 Å². The van der Waals surface area contributed by atoms with Crippen molar-refractivity contribution in [2.45, 2.75) is 58.5 Å². The van der Waals surface area contributed by atoms with Gasteiger partial charge in [0.2, 0.25) is 5.91 Å². The molecule has 0 heterocycles. The zero-order valence-electron chi connectivity index (χ0n) is 14.3. The number of rotatable bonds is 12. The van der Waals surface area contributed by atoms with E-state index in [0.29, 0.717) is 12.6 Å². The molecule has 1 saturated carbocycles. The van der Waals surface area contributed by atoms with Crippen molar-refractivity contribution in [3.05, 3.63) is 0 Å². The fourth-order valence-corrected chi connectivity index (χ4v) is 2.73. The van der Waals surface area contributed by atoms with Gasteiger partial charge in [0.1, 0.15) is 5.54 Å². The highest BCUT2D eigenvalue weighted by atomic mass is 16.1. The number of primary amides is 1. The fourth-order valence-electron chi connectivity index (χ4n) is 2.73. The Balaban J connectivity index is 2.44. The third-order valence-corrected chi connectivity index (χ3v) is 4.47. The molecule has 0 bridgehead atoms. The molecule has 5 nitrogen and oxygen atoms in total. The van der Waals surface area contributed by atoms with Crippen molar-refractivity contribution in [2.24, 2.45) is 5.73 Å². The molecule has 1 rings (SSSR count). The number of amides is 1. The molecule has 0 saturated heterocycles. The zero-order chi connectivity index (χ0) is 15.9. The molecule has 5 heteroatoms. The smallest absolute Gasteiger partial charge is 0.238 e. The molecule has 1 atom stereocenters. The average Bonchev–Trinajstić information content (AvgIpc) is 3.25. The molecule has 1 aliphatic rings. The monoisotopic (exact) mass is 298 g/mol. The quantitative estimate of drug-likeness (QED) is 0.565. The van der Waals surface area contributed by atoms with Crippen LogP contribution in [0.25, 0.3) is 0 Å². The first-order chi connectivity index (χ1) is 9.95. The Morgan fingerprint density at radius 2 is 1.67 bits per heavy atom. The van der Waals surface area contributed by atoms with Crippen LogP contribution in [-0.2, 0) is 4.79 Å². The summed E-state index contributed by atoms with van der Waals surface area (Å²) >= 11 is 0. The predicted octanol–water partition coefficient (Wildman–Crippen LogP) is 1.04. The summed E-state index contributed by atoms with van der Waals surface area (Å²) in [6.07, 6.45) is 3.46. The number of likely N-dealkylation sites (N-methyl/N-ethyl adjacent to an activating group) is 1. The molecule has 1 aliphatic carbocycles. The standard InChI is InChI=1S/C16H34N4O/c1-5-19(6-2)11-8-12-20(7-3)13-16(4,15(17)21)18-14-9-10-14/h14,18H,5-13H2,1-4H3,(H2,17,21). The van der Waals surface area contributed by atoms with Crippen molar-refractivity contribution in [1.82, 2.24) is 15.1 Å². The molecule has 0 aromatic rings. The molecule has 0 radical (unpaired) electrons. The highest BCUT2D eigenvalue weighted by molar-refractivity contribution is 5.84. The van der Waals surface area contributed by atoms with Crippen molar-refractivity contribution < 1.29 is 4.79 Å². The zero-order valence-corrected chi connectivity index (χ0v) is 14.3. The van der Waals surface area contributed by atoms with Crippen molar-refractivity contribution >= 4 is 5.91 Å². The van der Waals surface area contributed by atoms with E-state index in [0.717, 1.165) is 52.0 Å². The summed E-state index contributed by atoms with van der Waals surface area (Å²) in [6, 6.07) is 0.483. The molecule has 0 spiro atoms. The van der Waals surface area contributed by atoms with Crippen molar-refractivity contribution in [3.8, 4) is 0 Å². The van der Waals surface area contributed by atoms with Gasteiger partial charge < -0.3 is 15.5 Å². The van der Waals surface area contributed by atoms with Crippen LogP contribution in [0, 0.1) is 0 Å². The summed E-state index contributed by atoms with van der Waals surface area (Å²) in [5.74, 6) is -0.239. The number of nitrogens with two attached hydrogens (primary N) is 1. The highest BCUT2D eigenvalue weighted by Crippen LogP contribution is 2.23. The van der Waals surface area contributed by atoms with Crippen molar-refractivity contribution in [3.63, 3.8) is 0 Å². The van der Waals surface area contributed by atoms with Crippen molar-refractivity contribution in [2.75, 3.05) is 39.3 Å². The lowest BCUT2D eigenvalue weighted by molar-refractivity contribution is -0.124. The highest BCUT2D eigenvalue weighted by Gasteiger charge is 2.38. The van der Waals surface area contributed by atoms with Gasteiger partial charge >= 0.3 is 0 Å². The molecule has 124 valence electrons. The molecular weight excluding hydrogens is 264 g/mol. The first kappa shape index (κ1) is 18.4. The number of hydrogen-bond donors (Lipinski definition) is 2. The second-order valence-corrected chi connectivity index (χ2v) is 6.36. The van der Waals surface area contributed by atoms with E-state index in [1.807, 2.05) is 6.92 Å². The minimum atomic E-state index is -0.605. The van der Waals surface area contributed by atoms with E-state index in [-0.39, 0.29) is 5.91 Å². The Bertz CT molecular complexity index is 315. The third kappa shape index (κ3) is 6.32. The second-order valence-electron chi connectivity index (χ2n) is 6.36. The molecule has 0 aromatic heterocycles. The van der Waals surface area contributed by atoms with Gasteiger partial charge in [0.25, 0.3) is 0 Å². The Kier molecular flexibility index (Phi) is 7.63. The average molecular weight is 298 g/mol. The normalized spacial score (nSPS) is 18.2. The van der Waals surface area contributed by atoms with E-state index in [1.54, 1.807) is 0 Å². The van der Waals surface area contributed by atoms with Gasteiger partial charge in [-0.1, -0.05) is 20.8 Å². The summed E-state index contributed by atoms with van der Waals surface area (Å²) in [4.78, 5) is 16.6. The van der Waals surface area contributed by atoms with Gasteiger partial charge in [-0.2, -0.15) is 0 Å². The van der Waals surface area contributed by atoms with Crippen LogP contribution in [0.3, 0.4) is 0 Å². The Morgan fingerprint density at radius 3 is 2.10 bits per heavy atom. The summed E-state index contributed by atoms with van der Waals surface area (Å²) in [5, 5.41) is 3.43. The largest absolute Gasteiger partial charge is 0.368 e. The molecule has 3 N–H and O–H groups in total. The van der Waals surface area contributed by atoms with Crippen LogP contribution in [0.5, 0.6) is 0 Å². The molecule has 0 aromatic carbocycles. The van der Waals surface area contributed by atoms with E-state index < -0.39 is 5.54 Å². The van der Waals surface area contributed by atoms with Crippen LogP contribution in [0.2, 0.25) is 0 Å². The van der Waals surface area contributed by atoms with Crippen LogP contribution in [-0.4, -0.2) is 66.6 Å². The van der Waals surface area contributed by atoms with Gasteiger partial charge in [0, 0.05) is 12.6 Å². The van der Waals surface area contributed by atoms with Gasteiger partial charge in [-0.15, -0.1) is 0 Å². The van der Waals surface area contributed by atoms with Crippen molar-refractivity contribution in [1.29, 1.82) is 0 Å². The summed E-state index contributed by atoms with van der Waals surface area (Å²) in [7, 11) is 0. The maximum Gasteiger partial charge on any atom is 0.238 e. The molecule has 1 amide bonds. The summed E-state index contributed by atoms with van der Waals surface area (Å²) in [6.45, 7) is 14.5. The van der Waals surface area contributed by atoms with Crippen LogP contribution in [0.1, 0.15) is 47.0 Å². The van der Waals surface area contributed by atoms with Gasteiger partial charge in [0.15, 0.2) is 0 Å². The Morgan fingerprint density at radius 1 is 1.14 bits per heavy atom. The maximum atomic E-state index is 11.8. The predicted molar refractivity (Wildman–Crippen MR) is 88.3 cm³/mol. The Labute approximate surface area is 130 Å². The fraction of sp³-hybridized carbons (Fsp3) is 0.938. The van der Waals surface area contributed by atoms with Crippen LogP contribution < -0.4 is 11.1 Å². The number of hydrogen-bond acceptors (Lipinski definition) is 4. The number of carbonyl (C=O) groups is 1. The maximum absolute atomic E-state index is 11.8. The topological polar surface area (TPSA) is 61.6 Å². The van der Waals surface area contributed by atoms with E-state index in [4.69, 9.17) is 5.73 Å². The van der Waals surface area contributed by atoms with E-state index in [2.05, 4.69) is 35.9 Å². The lowest BCUT2D eigenvalue weighted by Crippen LogP contribution is -2.60. The first-order valence-corrected chi connectivity index (χ1v) is 8.47. The first-order valence-electron chi connectivity index (χ1n) is 8.47. The molecule has 1 fully saturated rings. The third-order valence-electron chi connectivity index (χ3n) is 4.47. The number of nitrogens with one attached hydrogen (secondary N) is 1. The van der Waals surface area contributed by atoms with Gasteiger partial charge in [-0.3, -0.25) is 10.1 Å². The molecule has 0 aliphatic heterocycles. The van der Waals surface area contributed by atoms with Gasteiger partial charge in [0.05, 0.1) is 0 Å².